The Kier molecular flexibility index (Phi) is 2.52. The molecule has 1 nitrogen and oxygen atoms in total. The van der Waals surface area contributed by atoms with E-state index in [1.165, 1.54) is 13.0 Å². The van der Waals surface area contributed by atoms with Gasteiger partial charge in [0.15, 0.2) is 5.78 Å². The van der Waals surface area contributed by atoms with Crippen molar-refractivity contribution in [3.63, 3.8) is 0 Å². The summed E-state index contributed by atoms with van der Waals surface area (Å²) in [6.45, 7) is 1.38. The Balaban J connectivity index is 2.48. The van der Waals surface area contributed by atoms with Gasteiger partial charge in [-0.25, -0.2) is 0 Å². The van der Waals surface area contributed by atoms with Crippen LogP contribution in [0.2, 0.25) is 0 Å². The Morgan fingerprint density at radius 1 is 1.31 bits per heavy atom. The van der Waals surface area contributed by atoms with Crippen LogP contribution in [0.25, 0.3) is 0 Å². The minimum atomic E-state index is -4.33. The minimum absolute atomic E-state index is 0.140. The summed E-state index contributed by atoms with van der Waals surface area (Å²) in [5.74, 6) is -0.0307. The van der Waals surface area contributed by atoms with E-state index in [0.29, 0.717) is 11.1 Å². The molecule has 0 atom stereocenters. The molecule has 0 unspecified atom stereocenters. The number of alkyl halides is 3. The highest BCUT2D eigenvalue weighted by Crippen LogP contribution is 2.43. The molecule has 4 heteroatoms. The first-order chi connectivity index (χ1) is 7.39. The number of benzene rings is 1. The van der Waals surface area contributed by atoms with Crippen molar-refractivity contribution in [2.24, 2.45) is 0 Å². The number of hydrogen-bond acceptors (Lipinski definition) is 1. The quantitative estimate of drug-likeness (QED) is 0.704. The maximum Gasteiger partial charge on any atom is 0.416 e. The van der Waals surface area contributed by atoms with E-state index < -0.39 is 11.7 Å². The van der Waals surface area contributed by atoms with Crippen molar-refractivity contribution < 1.29 is 18.0 Å². The van der Waals surface area contributed by atoms with Crippen molar-refractivity contribution in [2.75, 3.05) is 0 Å². The lowest BCUT2D eigenvalue weighted by Crippen LogP contribution is -2.08. The molecule has 16 heavy (non-hydrogen) atoms. The molecule has 1 aromatic carbocycles. The fraction of sp³-hybridized carbons (Fsp3) is 0.417. The largest absolute Gasteiger partial charge is 0.416 e. The molecule has 1 aromatic rings. The number of rotatable bonds is 2. The Morgan fingerprint density at radius 3 is 2.38 bits per heavy atom. The third kappa shape index (κ3) is 2.10. The zero-order valence-electron chi connectivity index (χ0n) is 8.77. The van der Waals surface area contributed by atoms with E-state index in [9.17, 15) is 18.0 Å². The summed E-state index contributed by atoms with van der Waals surface area (Å²) in [7, 11) is 0. The molecule has 1 saturated carbocycles. The normalized spacial score (nSPS) is 16.2. The van der Waals surface area contributed by atoms with Crippen molar-refractivity contribution in [1.82, 2.24) is 0 Å². The highest BCUT2D eigenvalue weighted by atomic mass is 19.4. The standard InChI is InChI=1S/C12H11F3O/c1-7(16)10-5-4-9(12(13,14)15)6-11(10)8-2-3-8/h4-6,8H,2-3H2,1H3. The van der Waals surface area contributed by atoms with Gasteiger partial charge in [0.2, 0.25) is 0 Å². The summed E-state index contributed by atoms with van der Waals surface area (Å²) in [6, 6.07) is 3.38. The Hall–Kier alpha value is -1.32. The van der Waals surface area contributed by atoms with Gasteiger partial charge in [0.25, 0.3) is 0 Å². The van der Waals surface area contributed by atoms with E-state index in [2.05, 4.69) is 0 Å². The van der Waals surface area contributed by atoms with Crippen molar-refractivity contribution in [2.45, 2.75) is 31.9 Å². The van der Waals surface area contributed by atoms with Crippen LogP contribution < -0.4 is 0 Å². The first-order valence-electron chi connectivity index (χ1n) is 5.11. The summed E-state index contributed by atoms with van der Waals surface area (Å²) in [4.78, 5) is 11.3. The molecule has 0 bridgehead atoms. The molecule has 86 valence electrons. The summed E-state index contributed by atoms with van der Waals surface area (Å²) >= 11 is 0. The summed E-state index contributed by atoms with van der Waals surface area (Å²) in [5.41, 5.74) is 0.317. The molecule has 1 aliphatic carbocycles. The second-order valence-corrected chi connectivity index (χ2v) is 4.13. The fourth-order valence-corrected chi connectivity index (χ4v) is 1.79. The van der Waals surface area contributed by atoms with E-state index in [4.69, 9.17) is 0 Å². The van der Waals surface area contributed by atoms with Crippen LogP contribution in [0.5, 0.6) is 0 Å². The van der Waals surface area contributed by atoms with Crippen LogP contribution in [0.4, 0.5) is 13.2 Å². The number of hydrogen-bond donors (Lipinski definition) is 0. The van der Waals surface area contributed by atoms with E-state index in [1.54, 1.807) is 0 Å². The second-order valence-electron chi connectivity index (χ2n) is 4.13. The van der Waals surface area contributed by atoms with Crippen molar-refractivity contribution in [1.29, 1.82) is 0 Å². The van der Waals surface area contributed by atoms with Crippen molar-refractivity contribution in [3.05, 3.63) is 34.9 Å². The second kappa shape index (κ2) is 3.61. The third-order valence-electron chi connectivity index (χ3n) is 2.78. The summed E-state index contributed by atoms with van der Waals surface area (Å²) in [6.07, 6.45) is -2.58. The first-order valence-corrected chi connectivity index (χ1v) is 5.11. The molecule has 2 rings (SSSR count). The minimum Gasteiger partial charge on any atom is -0.295 e. The molecular formula is C12H11F3O. The van der Waals surface area contributed by atoms with E-state index in [0.717, 1.165) is 25.0 Å². The van der Waals surface area contributed by atoms with Gasteiger partial charge >= 0.3 is 6.18 Å². The van der Waals surface area contributed by atoms with Gasteiger partial charge in [-0.05, 0) is 43.4 Å². The molecule has 1 fully saturated rings. The zero-order chi connectivity index (χ0) is 11.9. The van der Waals surface area contributed by atoms with Crippen LogP contribution in [0.3, 0.4) is 0 Å². The predicted molar refractivity (Wildman–Crippen MR) is 53.4 cm³/mol. The maximum absolute atomic E-state index is 12.5. The van der Waals surface area contributed by atoms with Crippen LogP contribution in [0.1, 0.15) is 47.2 Å². The van der Waals surface area contributed by atoms with Gasteiger partial charge in [-0.2, -0.15) is 13.2 Å². The molecular weight excluding hydrogens is 217 g/mol. The average Bonchev–Trinajstić information content (AvgIpc) is 2.98. The SMILES string of the molecule is CC(=O)c1ccc(C(F)(F)F)cc1C1CC1. The number of halogens is 3. The molecule has 0 radical (unpaired) electrons. The highest BCUT2D eigenvalue weighted by molar-refractivity contribution is 5.96. The smallest absolute Gasteiger partial charge is 0.295 e. The van der Waals surface area contributed by atoms with Crippen LogP contribution in [-0.4, -0.2) is 5.78 Å². The van der Waals surface area contributed by atoms with Gasteiger partial charge in [0.05, 0.1) is 5.56 Å². The van der Waals surface area contributed by atoms with Gasteiger partial charge < -0.3 is 0 Å². The molecule has 0 aliphatic heterocycles. The molecule has 0 heterocycles. The maximum atomic E-state index is 12.5. The number of Topliss-reactive ketones (excluding diaryl/α,β-unsaturated/α-hetero) is 1. The van der Waals surface area contributed by atoms with Crippen molar-refractivity contribution >= 4 is 5.78 Å². The van der Waals surface area contributed by atoms with E-state index >= 15 is 0 Å². The van der Waals surface area contributed by atoms with Gasteiger partial charge in [-0.1, -0.05) is 6.07 Å². The lowest BCUT2D eigenvalue weighted by molar-refractivity contribution is -0.137. The molecule has 0 saturated heterocycles. The van der Waals surface area contributed by atoms with Crippen LogP contribution in [0.15, 0.2) is 18.2 Å². The van der Waals surface area contributed by atoms with Crippen LogP contribution in [0, 0.1) is 0 Å². The lowest BCUT2D eigenvalue weighted by atomic mass is 9.97. The van der Waals surface area contributed by atoms with Crippen LogP contribution in [-0.2, 0) is 6.18 Å². The van der Waals surface area contributed by atoms with E-state index in [-0.39, 0.29) is 11.7 Å². The molecule has 0 spiro atoms. The Bertz CT molecular complexity index is 430. The average molecular weight is 228 g/mol. The number of carbonyl (C=O) groups is 1. The molecule has 0 N–H and O–H groups in total. The highest BCUT2D eigenvalue weighted by Gasteiger charge is 2.34. The summed E-state index contributed by atoms with van der Waals surface area (Å²) < 4.78 is 37.5. The Morgan fingerprint density at radius 2 is 1.94 bits per heavy atom. The molecule has 0 aromatic heterocycles. The number of carbonyl (C=O) groups excluding carboxylic acids is 1. The topological polar surface area (TPSA) is 17.1 Å². The molecule has 1 aliphatic rings. The number of ketones is 1. The predicted octanol–water partition coefficient (Wildman–Crippen LogP) is 3.79. The lowest BCUT2D eigenvalue weighted by Gasteiger charge is -2.11. The summed E-state index contributed by atoms with van der Waals surface area (Å²) in [5, 5.41) is 0. The third-order valence-corrected chi connectivity index (χ3v) is 2.78. The van der Waals surface area contributed by atoms with Gasteiger partial charge in [-0.3, -0.25) is 4.79 Å². The van der Waals surface area contributed by atoms with Gasteiger partial charge in [-0.15, -0.1) is 0 Å². The Labute approximate surface area is 91.3 Å². The van der Waals surface area contributed by atoms with Gasteiger partial charge in [0, 0.05) is 5.56 Å². The van der Waals surface area contributed by atoms with Crippen LogP contribution >= 0.6 is 0 Å². The van der Waals surface area contributed by atoms with Crippen molar-refractivity contribution in [3.8, 4) is 0 Å². The zero-order valence-corrected chi connectivity index (χ0v) is 8.77. The fourth-order valence-electron chi connectivity index (χ4n) is 1.79. The monoisotopic (exact) mass is 228 g/mol. The van der Waals surface area contributed by atoms with E-state index in [1.807, 2.05) is 0 Å². The molecule has 0 amide bonds. The first kappa shape index (κ1) is 11.2. The van der Waals surface area contributed by atoms with Gasteiger partial charge in [0.1, 0.15) is 0 Å².